The number of H-pyrrole nitrogens is 1. The van der Waals surface area contributed by atoms with Crippen molar-refractivity contribution in [1.82, 2.24) is 14.9 Å². The van der Waals surface area contributed by atoms with Gasteiger partial charge in [0.15, 0.2) is 17.3 Å². The van der Waals surface area contributed by atoms with E-state index < -0.39 is 0 Å². The topological polar surface area (TPSA) is 67.5 Å². The van der Waals surface area contributed by atoms with E-state index in [0.717, 1.165) is 36.2 Å². The third kappa shape index (κ3) is 4.00. The first kappa shape index (κ1) is 20.6. The number of aromatic nitrogens is 2. The third-order valence-electron chi connectivity index (χ3n) is 6.18. The molecule has 1 N–H and O–H groups in total. The highest BCUT2D eigenvalue weighted by Crippen LogP contribution is 2.41. The van der Waals surface area contributed by atoms with Crippen LogP contribution in [-0.4, -0.2) is 47.5 Å². The van der Waals surface area contributed by atoms with Crippen molar-refractivity contribution >= 4 is 40.0 Å². The summed E-state index contributed by atoms with van der Waals surface area (Å²) < 4.78 is 11.2. The lowest BCUT2D eigenvalue weighted by Gasteiger charge is -2.35. The summed E-state index contributed by atoms with van der Waals surface area (Å²) in [6.07, 6.45) is 2.24. The molecule has 8 heteroatoms. The number of nitrogens with zero attached hydrogens (tertiary/aromatic N) is 2. The fraction of sp³-hybridized carbons (Fsp3) is 0.391. The van der Waals surface area contributed by atoms with Crippen molar-refractivity contribution < 1.29 is 14.3 Å². The van der Waals surface area contributed by atoms with Crippen LogP contribution in [0.25, 0.3) is 11.0 Å². The van der Waals surface area contributed by atoms with E-state index in [9.17, 15) is 4.79 Å². The van der Waals surface area contributed by atoms with Gasteiger partial charge in [-0.1, -0.05) is 23.2 Å². The normalized spacial score (nSPS) is 21.4. The minimum absolute atomic E-state index is 0.0339. The zero-order chi connectivity index (χ0) is 21.5. The predicted molar refractivity (Wildman–Crippen MR) is 121 cm³/mol. The van der Waals surface area contributed by atoms with Crippen molar-refractivity contribution in [3.63, 3.8) is 0 Å². The smallest absolute Gasteiger partial charge is 0.180 e. The predicted octanol–water partition coefficient (Wildman–Crippen LogP) is 5.30. The molecule has 5 rings (SSSR count). The summed E-state index contributed by atoms with van der Waals surface area (Å²) in [4.78, 5) is 23.6. The molecular weight excluding hydrogens is 437 g/mol. The van der Waals surface area contributed by atoms with Crippen LogP contribution in [0.4, 0.5) is 0 Å². The van der Waals surface area contributed by atoms with E-state index >= 15 is 0 Å². The Morgan fingerprint density at radius 3 is 2.94 bits per heavy atom. The number of piperidine rings is 1. The van der Waals surface area contributed by atoms with E-state index in [-0.39, 0.29) is 17.7 Å². The number of ketones is 1. The van der Waals surface area contributed by atoms with Gasteiger partial charge in [-0.15, -0.1) is 0 Å². The quantitative estimate of drug-likeness (QED) is 0.536. The van der Waals surface area contributed by atoms with Crippen LogP contribution in [0.3, 0.4) is 0 Å². The van der Waals surface area contributed by atoms with Gasteiger partial charge in [0, 0.05) is 17.0 Å². The Labute approximate surface area is 190 Å². The molecule has 2 aromatic carbocycles. The monoisotopic (exact) mass is 459 g/mol. The van der Waals surface area contributed by atoms with Gasteiger partial charge >= 0.3 is 0 Å². The number of halogens is 2. The molecule has 0 bridgehead atoms. The van der Waals surface area contributed by atoms with Gasteiger partial charge in [-0.25, -0.2) is 4.98 Å². The van der Waals surface area contributed by atoms with Gasteiger partial charge in [-0.3, -0.25) is 9.69 Å². The minimum atomic E-state index is 0.0339. The molecule has 0 amide bonds. The minimum Gasteiger partial charge on any atom is -0.486 e. The number of hydrogen-bond donors (Lipinski definition) is 1. The van der Waals surface area contributed by atoms with Crippen LogP contribution in [0, 0.1) is 5.92 Å². The van der Waals surface area contributed by atoms with Gasteiger partial charge in [0.1, 0.15) is 19.0 Å². The SMILES string of the molecule is CN1CC[C@@H](CC(=O)c2ccc3c(c2Cl)OCCO3)C[C@@H]1c1nc2ccc(Cl)cc2[nH]1. The second-order valence-electron chi connectivity index (χ2n) is 8.25. The molecule has 3 aromatic rings. The summed E-state index contributed by atoms with van der Waals surface area (Å²) in [6.45, 7) is 1.82. The van der Waals surface area contributed by atoms with Crippen molar-refractivity contribution in [2.45, 2.75) is 25.3 Å². The van der Waals surface area contributed by atoms with Crippen LogP contribution in [0.2, 0.25) is 10.0 Å². The highest BCUT2D eigenvalue weighted by Gasteiger charge is 2.31. The standard InChI is InChI=1S/C23H23Cl2N3O3/c1-28-7-6-13(10-18(28)23-26-16-4-2-14(24)12-17(16)27-23)11-19(29)15-3-5-20-22(21(15)25)31-9-8-30-20/h2-5,12-13,18H,6-11H2,1H3,(H,26,27)/t13-,18-/m1/s1. The summed E-state index contributed by atoms with van der Waals surface area (Å²) in [5.74, 6) is 2.26. The number of ether oxygens (including phenoxy) is 2. The molecule has 1 fully saturated rings. The van der Waals surface area contributed by atoms with Crippen molar-refractivity contribution in [1.29, 1.82) is 0 Å². The molecule has 1 saturated heterocycles. The van der Waals surface area contributed by atoms with E-state index in [0.29, 0.717) is 46.7 Å². The number of carbonyl (C=O) groups is 1. The van der Waals surface area contributed by atoms with Crippen LogP contribution in [-0.2, 0) is 0 Å². The Morgan fingerprint density at radius 2 is 2.06 bits per heavy atom. The van der Waals surface area contributed by atoms with Crippen molar-refractivity contribution in [2.75, 3.05) is 26.8 Å². The summed E-state index contributed by atoms with van der Waals surface area (Å²) >= 11 is 12.6. The summed E-state index contributed by atoms with van der Waals surface area (Å²) in [5.41, 5.74) is 2.32. The van der Waals surface area contributed by atoms with Gasteiger partial charge < -0.3 is 14.5 Å². The number of Topliss-reactive ketones (excluding diaryl/α,β-unsaturated/α-hetero) is 1. The Bertz CT molecular complexity index is 1150. The molecule has 3 heterocycles. The van der Waals surface area contributed by atoms with E-state index in [1.807, 2.05) is 18.2 Å². The molecule has 2 aliphatic rings. The van der Waals surface area contributed by atoms with Crippen LogP contribution >= 0.6 is 23.2 Å². The fourth-order valence-corrected chi connectivity index (χ4v) is 4.98. The lowest BCUT2D eigenvalue weighted by atomic mass is 9.85. The van der Waals surface area contributed by atoms with Gasteiger partial charge in [0.05, 0.1) is 22.1 Å². The van der Waals surface area contributed by atoms with Crippen molar-refractivity contribution in [3.05, 3.63) is 51.8 Å². The first-order valence-corrected chi connectivity index (χ1v) is 11.2. The van der Waals surface area contributed by atoms with Gasteiger partial charge in [0.25, 0.3) is 0 Å². The molecule has 6 nitrogen and oxygen atoms in total. The number of likely N-dealkylation sites (tertiary alicyclic amines) is 1. The van der Waals surface area contributed by atoms with E-state index in [1.54, 1.807) is 12.1 Å². The lowest BCUT2D eigenvalue weighted by Crippen LogP contribution is -2.35. The Morgan fingerprint density at radius 1 is 1.23 bits per heavy atom. The summed E-state index contributed by atoms with van der Waals surface area (Å²) in [7, 11) is 2.10. The summed E-state index contributed by atoms with van der Waals surface area (Å²) in [5, 5.41) is 1.03. The highest BCUT2D eigenvalue weighted by atomic mass is 35.5. The third-order valence-corrected chi connectivity index (χ3v) is 6.79. The first-order valence-electron chi connectivity index (χ1n) is 10.5. The van der Waals surface area contributed by atoms with E-state index in [4.69, 9.17) is 37.7 Å². The number of hydrogen-bond acceptors (Lipinski definition) is 5. The average molecular weight is 460 g/mol. The molecule has 31 heavy (non-hydrogen) atoms. The van der Waals surface area contributed by atoms with Crippen LogP contribution in [0.1, 0.15) is 41.5 Å². The molecule has 0 saturated carbocycles. The number of carbonyl (C=O) groups excluding carboxylic acids is 1. The first-order chi connectivity index (χ1) is 15.0. The number of imidazole rings is 1. The molecule has 0 unspecified atom stereocenters. The molecule has 0 aliphatic carbocycles. The van der Waals surface area contributed by atoms with Crippen LogP contribution in [0.5, 0.6) is 11.5 Å². The molecule has 0 spiro atoms. The van der Waals surface area contributed by atoms with Gasteiger partial charge in [-0.05, 0) is 62.7 Å². The number of fused-ring (bicyclic) bond motifs is 2. The van der Waals surface area contributed by atoms with Crippen molar-refractivity contribution in [2.24, 2.45) is 5.92 Å². The maximum absolute atomic E-state index is 13.1. The molecule has 2 aliphatic heterocycles. The Kier molecular flexibility index (Phi) is 5.54. The maximum Gasteiger partial charge on any atom is 0.180 e. The average Bonchev–Trinajstić information content (AvgIpc) is 3.18. The largest absolute Gasteiger partial charge is 0.486 e. The fourth-order valence-electron chi connectivity index (χ4n) is 4.49. The van der Waals surface area contributed by atoms with Crippen LogP contribution in [0.15, 0.2) is 30.3 Å². The molecule has 1 aromatic heterocycles. The lowest BCUT2D eigenvalue weighted by molar-refractivity contribution is 0.0885. The van der Waals surface area contributed by atoms with Crippen LogP contribution < -0.4 is 9.47 Å². The van der Waals surface area contributed by atoms with Gasteiger partial charge in [0.2, 0.25) is 0 Å². The molecule has 2 atom stereocenters. The van der Waals surface area contributed by atoms with Gasteiger partial charge in [-0.2, -0.15) is 0 Å². The maximum atomic E-state index is 13.1. The molecular formula is C23H23Cl2N3O3. The van der Waals surface area contributed by atoms with Crippen molar-refractivity contribution in [3.8, 4) is 11.5 Å². The number of nitrogens with one attached hydrogen (secondary N) is 1. The summed E-state index contributed by atoms with van der Waals surface area (Å²) in [6, 6.07) is 9.29. The second-order valence-corrected chi connectivity index (χ2v) is 9.06. The zero-order valence-corrected chi connectivity index (χ0v) is 18.7. The number of aromatic amines is 1. The number of benzene rings is 2. The number of rotatable bonds is 4. The zero-order valence-electron chi connectivity index (χ0n) is 17.2. The highest BCUT2D eigenvalue weighted by molar-refractivity contribution is 6.35. The van der Waals surface area contributed by atoms with E-state index in [2.05, 4.69) is 16.9 Å². The molecule has 0 radical (unpaired) electrons. The van der Waals surface area contributed by atoms with E-state index in [1.165, 1.54) is 0 Å². The second kappa shape index (κ2) is 8.34. The Balaban J connectivity index is 1.33. The Hall–Kier alpha value is -2.28. The molecule has 162 valence electrons.